The van der Waals surface area contributed by atoms with E-state index in [9.17, 15) is 4.39 Å². The van der Waals surface area contributed by atoms with Crippen molar-refractivity contribution in [1.82, 2.24) is 5.43 Å². The number of benzene rings is 2. The predicted octanol–water partition coefficient (Wildman–Crippen LogP) is 4.00. The van der Waals surface area contributed by atoms with Gasteiger partial charge in [-0.2, -0.15) is 0 Å². The molecular formula is C15H15BrClFN2O. The van der Waals surface area contributed by atoms with Crippen LogP contribution in [-0.2, 0) is 6.42 Å². The molecule has 2 aromatic carbocycles. The third-order valence-corrected chi connectivity index (χ3v) is 3.94. The van der Waals surface area contributed by atoms with E-state index in [0.29, 0.717) is 27.2 Å². The zero-order valence-corrected chi connectivity index (χ0v) is 13.7. The average molecular weight is 374 g/mol. The number of hydrazine groups is 1. The molecule has 0 bridgehead atoms. The van der Waals surface area contributed by atoms with Crippen molar-refractivity contribution in [3.63, 3.8) is 0 Å². The number of rotatable bonds is 5. The van der Waals surface area contributed by atoms with E-state index in [4.69, 9.17) is 22.2 Å². The second-order valence-corrected chi connectivity index (χ2v) is 5.90. The van der Waals surface area contributed by atoms with E-state index in [1.807, 2.05) is 0 Å². The van der Waals surface area contributed by atoms with E-state index < -0.39 is 0 Å². The topological polar surface area (TPSA) is 47.3 Å². The van der Waals surface area contributed by atoms with Crippen LogP contribution in [-0.4, -0.2) is 7.11 Å². The number of halogens is 3. The third kappa shape index (κ3) is 3.95. The molecule has 2 rings (SSSR count). The minimum Gasteiger partial charge on any atom is -0.496 e. The summed E-state index contributed by atoms with van der Waals surface area (Å²) >= 11 is 9.26. The van der Waals surface area contributed by atoms with E-state index in [1.54, 1.807) is 37.4 Å². The lowest BCUT2D eigenvalue weighted by Crippen LogP contribution is -2.30. The highest BCUT2D eigenvalue weighted by Gasteiger charge is 2.18. The lowest BCUT2D eigenvalue weighted by atomic mass is 9.98. The van der Waals surface area contributed by atoms with Crippen molar-refractivity contribution in [2.24, 2.45) is 5.84 Å². The fourth-order valence-electron chi connectivity index (χ4n) is 2.14. The number of ether oxygens (including phenoxy) is 1. The Labute approximate surface area is 136 Å². The average Bonchev–Trinajstić information content (AvgIpc) is 2.46. The van der Waals surface area contributed by atoms with E-state index in [0.717, 1.165) is 5.56 Å². The zero-order chi connectivity index (χ0) is 15.4. The van der Waals surface area contributed by atoms with Gasteiger partial charge in [-0.3, -0.25) is 11.3 Å². The van der Waals surface area contributed by atoms with Crippen molar-refractivity contribution in [3.8, 4) is 5.75 Å². The van der Waals surface area contributed by atoms with Crippen molar-refractivity contribution in [2.75, 3.05) is 7.11 Å². The molecule has 0 aliphatic heterocycles. The molecular weight excluding hydrogens is 359 g/mol. The summed E-state index contributed by atoms with van der Waals surface area (Å²) in [6.45, 7) is 0. The number of hydrogen-bond donors (Lipinski definition) is 2. The van der Waals surface area contributed by atoms with Crippen LogP contribution in [0.2, 0.25) is 5.02 Å². The molecule has 112 valence electrons. The van der Waals surface area contributed by atoms with Crippen LogP contribution >= 0.6 is 27.5 Å². The molecule has 3 nitrogen and oxygen atoms in total. The Hall–Kier alpha value is -1.14. The molecule has 0 amide bonds. The molecule has 3 N–H and O–H groups in total. The van der Waals surface area contributed by atoms with E-state index in [2.05, 4.69) is 21.4 Å². The molecule has 0 fully saturated rings. The van der Waals surface area contributed by atoms with Crippen LogP contribution < -0.4 is 16.0 Å². The summed E-state index contributed by atoms with van der Waals surface area (Å²) in [5.41, 5.74) is 4.04. The highest BCUT2D eigenvalue weighted by Crippen LogP contribution is 2.30. The molecule has 1 atom stereocenters. The van der Waals surface area contributed by atoms with Gasteiger partial charge in [0, 0.05) is 15.1 Å². The Morgan fingerprint density at radius 2 is 2.10 bits per heavy atom. The van der Waals surface area contributed by atoms with Crippen LogP contribution in [0.4, 0.5) is 4.39 Å². The normalized spacial score (nSPS) is 12.2. The Bertz CT molecular complexity index is 639. The monoisotopic (exact) mass is 372 g/mol. The Morgan fingerprint density at radius 1 is 1.33 bits per heavy atom. The maximum absolute atomic E-state index is 14.0. The minimum atomic E-state index is -0.311. The van der Waals surface area contributed by atoms with Gasteiger partial charge in [0.1, 0.15) is 11.6 Å². The van der Waals surface area contributed by atoms with Crippen LogP contribution in [0, 0.1) is 5.82 Å². The van der Waals surface area contributed by atoms with Gasteiger partial charge in [-0.1, -0.05) is 33.6 Å². The summed E-state index contributed by atoms with van der Waals surface area (Å²) in [6.07, 6.45) is 0.381. The molecule has 1 unspecified atom stereocenters. The minimum absolute atomic E-state index is 0.286. The Balaban J connectivity index is 2.34. The lowest BCUT2D eigenvalue weighted by Gasteiger charge is -2.20. The third-order valence-electron chi connectivity index (χ3n) is 3.21. The van der Waals surface area contributed by atoms with Crippen LogP contribution in [0.5, 0.6) is 5.75 Å². The molecule has 0 spiro atoms. The van der Waals surface area contributed by atoms with E-state index >= 15 is 0 Å². The van der Waals surface area contributed by atoms with Crippen LogP contribution in [0.1, 0.15) is 17.2 Å². The molecule has 0 aliphatic rings. The molecule has 0 radical (unpaired) electrons. The zero-order valence-electron chi connectivity index (χ0n) is 11.4. The summed E-state index contributed by atoms with van der Waals surface area (Å²) in [5.74, 6) is 5.99. The summed E-state index contributed by atoms with van der Waals surface area (Å²) in [4.78, 5) is 0. The predicted molar refractivity (Wildman–Crippen MR) is 85.9 cm³/mol. The smallest absolute Gasteiger partial charge is 0.127 e. The van der Waals surface area contributed by atoms with Crippen molar-refractivity contribution in [1.29, 1.82) is 0 Å². The van der Waals surface area contributed by atoms with Crippen molar-refractivity contribution in [2.45, 2.75) is 12.5 Å². The number of nitrogens with one attached hydrogen (secondary N) is 1. The van der Waals surface area contributed by atoms with E-state index in [-0.39, 0.29) is 11.9 Å². The van der Waals surface area contributed by atoms with Gasteiger partial charge in [0.25, 0.3) is 0 Å². The van der Waals surface area contributed by atoms with E-state index in [1.165, 1.54) is 6.07 Å². The van der Waals surface area contributed by atoms with Crippen LogP contribution in [0.3, 0.4) is 0 Å². The molecule has 2 aromatic rings. The van der Waals surface area contributed by atoms with Crippen LogP contribution in [0.15, 0.2) is 40.9 Å². The van der Waals surface area contributed by atoms with Crippen LogP contribution in [0.25, 0.3) is 0 Å². The number of hydrogen-bond acceptors (Lipinski definition) is 3. The Morgan fingerprint density at radius 3 is 2.71 bits per heavy atom. The number of nitrogens with two attached hydrogens (primary N) is 1. The first-order valence-corrected chi connectivity index (χ1v) is 7.45. The van der Waals surface area contributed by atoms with Gasteiger partial charge >= 0.3 is 0 Å². The first-order chi connectivity index (χ1) is 10.0. The molecule has 21 heavy (non-hydrogen) atoms. The summed E-state index contributed by atoms with van der Waals surface area (Å²) < 4.78 is 20.0. The summed E-state index contributed by atoms with van der Waals surface area (Å²) in [5, 5.41) is 0.572. The van der Waals surface area contributed by atoms with Crippen molar-refractivity contribution in [3.05, 3.63) is 62.8 Å². The van der Waals surface area contributed by atoms with Gasteiger partial charge in [0.2, 0.25) is 0 Å². The molecule has 0 aromatic heterocycles. The standard InChI is InChI=1S/C15H15BrClFN2O/c1-21-15-5-4-11(17)8-12(15)14(20-19)6-9-2-3-10(16)7-13(9)18/h2-5,7-8,14,20H,6,19H2,1H3. The fourth-order valence-corrected chi connectivity index (χ4v) is 2.66. The highest BCUT2D eigenvalue weighted by atomic mass is 79.9. The maximum Gasteiger partial charge on any atom is 0.127 e. The number of methoxy groups -OCH3 is 1. The molecule has 0 heterocycles. The van der Waals surface area contributed by atoms with Gasteiger partial charge in [-0.05, 0) is 42.3 Å². The molecule has 6 heteroatoms. The molecule has 0 saturated heterocycles. The lowest BCUT2D eigenvalue weighted by molar-refractivity contribution is 0.398. The largest absolute Gasteiger partial charge is 0.496 e. The first-order valence-electron chi connectivity index (χ1n) is 6.28. The summed E-state index contributed by atoms with van der Waals surface area (Å²) in [6, 6.07) is 9.90. The maximum atomic E-state index is 14.0. The van der Waals surface area contributed by atoms with Crippen molar-refractivity contribution < 1.29 is 9.13 Å². The SMILES string of the molecule is COc1ccc(Cl)cc1C(Cc1ccc(Br)cc1F)NN. The second-order valence-electron chi connectivity index (χ2n) is 4.55. The highest BCUT2D eigenvalue weighted by molar-refractivity contribution is 9.10. The van der Waals surface area contributed by atoms with Gasteiger partial charge in [0.05, 0.1) is 13.2 Å². The first kappa shape index (κ1) is 16.2. The summed E-state index contributed by atoms with van der Waals surface area (Å²) in [7, 11) is 1.57. The van der Waals surface area contributed by atoms with Gasteiger partial charge in [0.15, 0.2) is 0 Å². The fraction of sp³-hybridized carbons (Fsp3) is 0.200. The second kappa shape index (κ2) is 7.22. The molecule has 0 aliphatic carbocycles. The van der Waals surface area contributed by atoms with Gasteiger partial charge in [-0.15, -0.1) is 0 Å². The quantitative estimate of drug-likeness (QED) is 0.615. The van der Waals surface area contributed by atoms with Gasteiger partial charge in [-0.25, -0.2) is 4.39 Å². The van der Waals surface area contributed by atoms with Crippen molar-refractivity contribution >= 4 is 27.5 Å². The van der Waals surface area contributed by atoms with Gasteiger partial charge < -0.3 is 4.74 Å². The molecule has 0 saturated carbocycles. The Kier molecular flexibility index (Phi) is 5.58.